The maximum atomic E-state index is 13.6. The Bertz CT molecular complexity index is 1350. The van der Waals surface area contributed by atoms with E-state index in [1.165, 1.54) is 5.57 Å². The number of Topliss-reactive ketones (excluding diaryl/α,β-unsaturated/α-hetero) is 1. The van der Waals surface area contributed by atoms with Gasteiger partial charge in [0, 0.05) is 59.8 Å². The summed E-state index contributed by atoms with van der Waals surface area (Å²) in [5.74, 6) is 2.86. The van der Waals surface area contributed by atoms with Gasteiger partial charge in [-0.1, -0.05) is 88.2 Å². The molecule has 0 aliphatic carbocycles. The van der Waals surface area contributed by atoms with Crippen molar-refractivity contribution in [3.63, 3.8) is 0 Å². The second-order valence-electron chi connectivity index (χ2n) is 12.6. The van der Waals surface area contributed by atoms with Gasteiger partial charge in [-0.05, 0) is 57.1 Å². The molecule has 43 heavy (non-hydrogen) atoms. The summed E-state index contributed by atoms with van der Waals surface area (Å²) in [7, 11) is 0. The number of aliphatic hydroxyl groups excluding tert-OH is 1. The number of hydrogen-bond donors (Lipinski definition) is 1. The Morgan fingerprint density at radius 2 is 1.74 bits per heavy atom. The molecule has 5 heteroatoms. The molecular weight excluding hydrogens is 532 g/mol. The molecule has 230 valence electrons. The van der Waals surface area contributed by atoms with Crippen LogP contribution in [0.2, 0.25) is 0 Å². The second kappa shape index (κ2) is 15.4. The van der Waals surface area contributed by atoms with Gasteiger partial charge in [0.05, 0.1) is 12.1 Å². The number of aliphatic imine (C=N–C) groups is 2. The molecule has 6 atom stereocenters. The van der Waals surface area contributed by atoms with Crippen LogP contribution < -0.4 is 0 Å². The minimum Gasteiger partial charge on any atom is -0.461 e. The summed E-state index contributed by atoms with van der Waals surface area (Å²) in [5.41, 5.74) is 5.02. The van der Waals surface area contributed by atoms with Crippen LogP contribution in [-0.4, -0.2) is 42.0 Å². The number of allylic oxidation sites excluding steroid dienone is 2. The molecule has 2 aromatic carbocycles. The van der Waals surface area contributed by atoms with E-state index in [-0.39, 0.29) is 29.6 Å². The minimum absolute atomic E-state index is 0.0771. The highest BCUT2D eigenvalue weighted by atomic mass is 16.5. The van der Waals surface area contributed by atoms with E-state index < -0.39 is 6.10 Å². The molecule has 6 unspecified atom stereocenters. The van der Waals surface area contributed by atoms with Crippen molar-refractivity contribution in [1.82, 2.24) is 0 Å². The number of ether oxygens (including phenoxy) is 1. The molecule has 4 rings (SSSR count). The molecule has 5 nitrogen and oxygen atoms in total. The number of aliphatic hydroxyl groups is 1. The number of rotatable bonds is 13. The fourth-order valence-corrected chi connectivity index (χ4v) is 6.67. The average molecular weight is 583 g/mol. The lowest BCUT2D eigenvalue weighted by molar-refractivity contribution is 0.0970. The molecule has 0 radical (unpaired) electrons. The minimum atomic E-state index is -0.594. The Kier molecular flexibility index (Phi) is 11.7. The number of nitrogens with zero attached hydrogens (tertiary/aromatic N) is 2. The molecule has 0 saturated heterocycles. The summed E-state index contributed by atoms with van der Waals surface area (Å²) in [6.45, 7) is 13.4. The zero-order valence-electron chi connectivity index (χ0n) is 26.9. The van der Waals surface area contributed by atoms with E-state index in [0.29, 0.717) is 18.9 Å². The predicted molar refractivity (Wildman–Crippen MR) is 179 cm³/mol. The van der Waals surface area contributed by atoms with Crippen molar-refractivity contribution in [3.8, 4) is 0 Å². The molecule has 1 N–H and O–H groups in total. The molecule has 2 heterocycles. The van der Waals surface area contributed by atoms with Crippen LogP contribution in [0.1, 0.15) is 107 Å². The lowest BCUT2D eigenvalue weighted by atomic mass is 9.79. The van der Waals surface area contributed by atoms with Crippen molar-refractivity contribution in [2.75, 3.05) is 6.54 Å². The van der Waals surface area contributed by atoms with Gasteiger partial charge in [-0.3, -0.25) is 14.8 Å². The van der Waals surface area contributed by atoms with E-state index in [4.69, 9.17) is 4.74 Å². The van der Waals surface area contributed by atoms with Gasteiger partial charge in [-0.15, -0.1) is 0 Å². The molecule has 0 spiro atoms. The van der Waals surface area contributed by atoms with Crippen molar-refractivity contribution in [2.24, 2.45) is 27.7 Å². The standard InChI is InChI=1S/C38H50N2O3/c1-7-8-14-31(37-27(4)26(3)36(29(6)41)38(43-37)30-15-10-9-11-16-30)23-25(2)19-20-35(42)33-18-13-12-17-32(33)34-24-39-21-22-40-28(34)5/h9-13,15-18,21-22,25-26,28-29,31,34,41H,7-8,14,19-20,23-24H2,1-6H3. The topological polar surface area (TPSA) is 71.2 Å². The van der Waals surface area contributed by atoms with Crippen LogP contribution in [0.4, 0.5) is 0 Å². The van der Waals surface area contributed by atoms with E-state index in [1.54, 1.807) is 12.4 Å². The van der Waals surface area contributed by atoms with Crippen LogP contribution in [0, 0.1) is 17.8 Å². The number of carbonyl (C=O) groups excluding carboxylic acids is 1. The third-order valence-corrected chi connectivity index (χ3v) is 9.33. The first kappa shape index (κ1) is 32.6. The number of ketones is 1. The normalized spacial score (nSPS) is 22.6. The van der Waals surface area contributed by atoms with Crippen molar-refractivity contribution in [1.29, 1.82) is 0 Å². The average Bonchev–Trinajstić information content (AvgIpc) is 3.23. The van der Waals surface area contributed by atoms with Gasteiger partial charge < -0.3 is 9.84 Å². The summed E-state index contributed by atoms with van der Waals surface area (Å²) in [4.78, 5) is 22.7. The molecule has 0 amide bonds. The first-order valence-corrected chi connectivity index (χ1v) is 16.2. The third kappa shape index (κ3) is 8.00. The summed E-state index contributed by atoms with van der Waals surface area (Å²) in [5, 5.41) is 10.7. The number of carbonyl (C=O) groups is 1. The van der Waals surface area contributed by atoms with E-state index in [9.17, 15) is 9.90 Å². The van der Waals surface area contributed by atoms with Crippen LogP contribution in [-0.2, 0) is 4.74 Å². The lowest BCUT2D eigenvalue weighted by Crippen LogP contribution is -2.25. The van der Waals surface area contributed by atoms with Gasteiger partial charge in [-0.2, -0.15) is 0 Å². The first-order valence-electron chi connectivity index (χ1n) is 16.2. The Morgan fingerprint density at radius 1 is 1.02 bits per heavy atom. The monoisotopic (exact) mass is 582 g/mol. The van der Waals surface area contributed by atoms with Crippen LogP contribution in [0.15, 0.2) is 81.5 Å². The quantitative estimate of drug-likeness (QED) is 0.240. The van der Waals surface area contributed by atoms with E-state index >= 15 is 0 Å². The van der Waals surface area contributed by atoms with E-state index in [1.807, 2.05) is 43.3 Å². The van der Waals surface area contributed by atoms with Crippen LogP contribution in [0.25, 0.3) is 5.76 Å². The summed E-state index contributed by atoms with van der Waals surface area (Å²) in [6.07, 6.45) is 8.53. The molecule has 2 aromatic rings. The summed E-state index contributed by atoms with van der Waals surface area (Å²) >= 11 is 0. The zero-order chi connectivity index (χ0) is 30.9. The van der Waals surface area contributed by atoms with Crippen LogP contribution in [0.5, 0.6) is 0 Å². The first-order chi connectivity index (χ1) is 20.7. The van der Waals surface area contributed by atoms with E-state index in [0.717, 1.165) is 65.9 Å². The second-order valence-corrected chi connectivity index (χ2v) is 12.6. The van der Waals surface area contributed by atoms with Gasteiger partial charge in [-0.25, -0.2) is 0 Å². The molecule has 2 aliphatic heterocycles. The van der Waals surface area contributed by atoms with Crippen molar-refractivity contribution in [3.05, 3.63) is 88.2 Å². The fraction of sp³-hybridized carbons (Fsp3) is 0.500. The predicted octanol–water partition coefficient (Wildman–Crippen LogP) is 8.84. The summed E-state index contributed by atoms with van der Waals surface area (Å²) < 4.78 is 6.80. The number of hydrogen-bond acceptors (Lipinski definition) is 5. The maximum Gasteiger partial charge on any atom is 0.163 e. The van der Waals surface area contributed by atoms with Gasteiger partial charge in [0.2, 0.25) is 0 Å². The molecule has 2 aliphatic rings. The number of benzene rings is 2. The Morgan fingerprint density at radius 3 is 2.47 bits per heavy atom. The highest BCUT2D eigenvalue weighted by molar-refractivity contribution is 6.16. The number of unbranched alkanes of at least 4 members (excludes halogenated alkanes) is 1. The smallest absolute Gasteiger partial charge is 0.163 e. The van der Waals surface area contributed by atoms with Gasteiger partial charge >= 0.3 is 0 Å². The SMILES string of the molecule is CCCCC(CC(C)CCC(=O)c1ccccc1C1CN=CC=NC1C)C1=C(C)C(C)C(C(C)O)=C(c2ccccc2)O1. The van der Waals surface area contributed by atoms with E-state index in [2.05, 4.69) is 62.8 Å². The van der Waals surface area contributed by atoms with Gasteiger partial charge in [0.1, 0.15) is 11.5 Å². The summed E-state index contributed by atoms with van der Waals surface area (Å²) in [6, 6.07) is 18.3. The molecule has 0 saturated carbocycles. The molecular formula is C38H50N2O3. The zero-order valence-corrected chi connectivity index (χ0v) is 26.9. The highest BCUT2D eigenvalue weighted by Crippen LogP contribution is 2.44. The van der Waals surface area contributed by atoms with Crippen molar-refractivity contribution < 1.29 is 14.6 Å². The van der Waals surface area contributed by atoms with Gasteiger partial charge in [0.15, 0.2) is 5.78 Å². The Labute approximate surface area is 258 Å². The Hall–Kier alpha value is -3.31. The Balaban J connectivity index is 1.50. The van der Waals surface area contributed by atoms with Crippen LogP contribution in [0.3, 0.4) is 0 Å². The van der Waals surface area contributed by atoms with Crippen molar-refractivity contribution in [2.45, 2.75) is 98.1 Å². The molecule has 0 fully saturated rings. The lowest BCUT2D eigenvalue weighted by Gasteiger charge is -2.35. The van der Waals surface area contributed by atoms with Crippen LogP contribution >= 0.6 is 0 Å². The fourth-order valence-electron chi connectivity index (χ4n) is 6.67. The largest absolute Gasteiger partial charge is 0.461 e. The molecule has 0 aromatic heterocycles. The third-order valence-electron chi connectivity index (χ3n) is 9.33. The maximum absolute atomic E-state index is 13.6. The highest BCUT2D eigenvalue weighted by Gasteiger charge is 2.33. The van der Waals surface area contributed by atoms with Crippen molar-refractivity contribution >= 4 is 24.0 Å². The molecule has 0 bridgehead atoms. The van der Waals surface area contributed by atoms with Gasteiger partial charge in [0.25, 0.3) is 0 Å².